The van der Waals surface area contributed by atoms with Crippen molar-refractivity contribution in [2.75, 3.05) is 32.1 Å². The van der Waals surface area contributed by atoms with Crippen LogP contribution in [0.2, 0.25) is 0 Å². The lowest BCUT2D eigenvalue weighted by molar-refractivity contribution is -0.0260. The zero-order chi connectivity index (χ0) is 14.8. The number of hydrogen-bond acceptors (Lipinski definition) is 6. The summed E-state index contributed by atoms with van der Waals surface area (Å²) in [6.07, 6.45) is 2.57. The minimum atomic E-state index is 0.167. The number of nitrogens with one attached hydrogen (secondary N) is 1. The highest BCUT2D eigenvalue weighted by molar-refractivity contribution is 5.45. The van der Waals surface area contributed by atoms with Gasteiger partial charge < -0.3 is 15.0 Å². The smallest absolute Gasteiger partial charge is 0.254 e. The average molecular weight is 290 g/mol. The van der Waals surface area contributed by atoms with E-state index in [2.05, 4.69) is 46.2 Å². The number of ether oxygens (including phenoxy) is 1. The summed E-state index contributed by atoms with van der Waals surface area (Å²) in [5.41, 5.74) is 1.01. The normalized spacial score (nSPS) is 21.6. The Labute approximate surface area is 124 Å². The van der Waals surface area contributed by atoms with Crippen LogP contribution in [0.5, 0.6) is 0 Å². The van der Waals surface area contributed by atoms with Crippen molar-refractivity contribution in [2.45, 2.75) is 32.4 Å². The van der Waals surface area contributed by atoms with E-state index in [1.165, 1.54) is 6.33 Å². The van der Waals surface area contributed by atoms with E-state index >= 15 is 0 Å². The number of anilines is 1. The first-order valence-electron chi connectivity index (χ1n) is 7.43. The molecule has 7 heteroatoms. The summed E-state index contributed by atoms with van der Waals surface area (Å²) in [4.78, 5) is 10.9. The fourth-order valence-corrected chi connectivity index (χ4v) is 2.58. The highest BCUT2D eigenvalue weighted by Gasteiger charge is 2.24. The molecule has 0 amide bonds. The van der Waals surface area contributed by atoms with E-state index in [0.717, 1.165) is 37.6 Å². The van der Waals surface area contributed by atoms with Crippen molar-refractivity contribution in [1.29, 1.82) is 0 Å². The largest absolute Gasteiger partial charge is 0.373 e. The van der Waals surface area contributed by atoms with E-state index in [0.29, 0.717) is 5.78 Å². The van der Waals surface area contributed by atoms with Gasteiger partial charge in [0.1, 0.15) is 12.1 Å². The Balaban J connectivity index is 1.81. The van der Waals surface area contributed by atoms with E-state index in [1.54, 1.807) is 4.52 Å². The molecule has 0 saturated carbocycles. The molecule has 2 atom stereocenters. The van der Waals surface area contributed by atoms with Gasteiger partial charge in [0.2, 0.25) is 0 Å². The highest BCUT2D eigenvalue weighted by atomic mass is 16.5. The van der Waals surface area contributed by atoms with Crippen LogP contribution in [0.3, 0.4) is 0 Å². The summed E-state index contributed by atoms with van der Waals surface area (Å²) in [5, 5.41) is 7.74. The predicted octanol–water partition coefficient (Wildman–Crippen LogP) is 0.818. The number of fused-ring (bicyclic) bond motifs is 1. The van der Waals surface area contributed by atoms with E-state index in [4.69, 9.17) is 4.74 Å². The van der Waals surface area contributed by atoms with Crippen LogP contribution in [-0.2, 0) is 11.2 Å². The number of nitrogens with zero attached hydrogens (tertiary/aromatic N) is 5. The molecule has 1 aliphatic heterocycles. The van der Waals surface area contributed by atoms with Gasteiger partial charge in [-0.1, -0.05) is 6.92 Å². The SMILES string of the molecule is CCc1cc(NC(C)C2CN(C)CCO2)n2ncnc2n1. The van der Waals surface area contributed by atoms with Gasteiger partial charge >= 0.3 is 0 Å². The third-order valence-corrected chi connectivity index (χ3v) is 3.90. The first kappa shape index (κ1) is 14.2. The average Bonchev–Trinajstić information content (AvgIpc) is 2.95. The van der Waals surface area contributed by atoms with Crippen molar-refractivity contribution < 1.29 is 4.74 Å². The Morgan fingerprint density at radius 2 is 2.38 bits per heavy atom. The summed E-state index contributed by atoms with van der Waals surface area (Å²) in [6, 6.07) is 2.22. The second kappa shape index (κ2) is 5.95. The molecule has 0 aromatic carbocycles. The van der Waals surface area contributed by atoms with Crippen molar-refractivity contribution in [2.24, 2.45) is 0 Å². The number of rotatable bonds is 4. The monoisotopic (exact) mass is 290 g/mol. The van der Waals surface area contributed by atoms with Crippen molar-refractivity contribution in [3.8, 4) is 0 Å². The molecule has 2 aromatic rings. The minimum absolute atomic E-state index is 0.167. The Bertz CT molecular complexity index is 613. The van der Waals surface area contributed by atoms with Gasteiger partial charge in [-0.05, 0) is 20.4 Å². The van der Waals surface area contributed by atoms with Crippen LogP contribution in [0.15, 0.2) is 12.4 Å². The van der Waals surface area contributed by atoms with Gasteiger partial charge in [0.15, 0.2) is 0 Å². The van der Waals surface area contributed by atoms with Gasteiger partial charge in [0.05, 0.1) is 18.8 Å². The maximum Gasteiger partial charge on any atom is 0.254 e. The molecule has 0 aliphatic carbocycles. The third kappa shape index (κ3) is 2.98. The molecule has 3 rings (SSSR count). The van der Waals surface area contributed by atoms with E-state index in [1.807, 2.05) is 6.07 Å². The molecule has 7 nitrogen and oxygen atoms in total. The van der Waals surface area contributed by atoms with Crippen LogP contribution in [0.25, 0.3) is 5.78 Å². The lowest BCUT2D eigenvalue weighted by Crippen LogP contribution is -2.47. The Kier molecular flexibility index (Phi) is 4.03. The molecule has 2 aromatic heterocycles. The summed E-state index contributed by atoms with van der Waals surface area (Å²) in [7, 11) is 2.12. The summed E-state index contributed by atoms with van der Waals surface area (Å²) in [6.45, 7) is 6.93. The number of aryl methyl sites for hydroxylation is 1. The van der Waals surface area contributed by atoms with Gasteiger partial charge in [-0.15, -0.1) is 0 Å². The lowest BCUT2D eigenvalue weighted by Gasteiger charge is -2.34. The number of hydrogen-bond donors (Lipinski definition) is 1. The number of likely N-dealkylation sites (N-methyl/N-ethyl adjacent to an activating group) is 1. The zero-order valence-electron chi connectivity index (χ0n) is 12.8. The second-order valence-corrected chi connectivity index (χ2v) is 5.56. The summed E-state index contributed by atoms with van der Waals surface area (Å²) in [5.74, 6) is 1.55. The molecule has 114 valence electrons. The fraction of sp³-hybridized carbons (Fsp3) is 0.643. The van der Waals surface area contributed by atoms with Crippen molar-refractivity contribution in [3.63, 3.8) is 0 Å². The second-order valence-electron chi connectivity index (χ2n) is 5.56. The molecule has 1 fully saturated rings. The van der Waals surface area contributed by atoms with Gasteiger partial charge in [0, 0.05) is 24.8 Å². The molecular formula is C14H22N6O. The summed E-state index contributed by atoms with van der Waals surface area (Å²) < 4.78 is 7.61. The van der Waals surface area contributed by atoms with Crippen LogP contribution in [0.1, 0.15) is 19.5 Å². The Hall–Kier alpha value is -1.73. The molecule has 0 bridgehead atoms. The highest BCUT2D eigenvalue weighted by Crippen LogP contribution is 2.16. The molecule has 1 N–H and O–H groups in total. The van der Waals surface area contributed by atoms with Crippen LogP contribution in [-0.4, -0.2) is 63.4 Å². The molecular weight excluding hydrogens is 268 g/mol. The van der Waals surface area contributed by atoms with Crippen molar-refractivity contribution in [3.05, 3.63) is 18.1 Å². The van der Waals surface area contributed by atoms with Crippen LogP contribution in [0.4, 0.5) is 5.82 Å². The molecule has 3 heterocycles. The molecule has 0 radical (unpaired) electrons. The van der Waals surface area contributed by atoms with E-state index in [9.17, 15) is 0 Å². The molecule has 21 heavy (non-hydrogen) atoms. The first-order valence-corrected chi connectivity index (χ1v) is 7.43. The predicted molar refractivity (Wildman–Crippen MR) is 80.5 cm³/mol. The Morgan fingerprint density at radius 3 is 3.14 bits per heavy atom. The standard InChI is InChI=1S/C14H22N6O/c1-4-11-7-13(20-14(18-11)15-9-16-20)17-10(2)12-8-19(3)5-6-21-12/h7,9-10,12,17H,4-6,8H2,1-3H3. The zero-order valence-corrected chi connectivity index (χ0v) is 12.8. The molecule has 1 aliphatic rings. The topological polar surface area (TPSA) is 67.6 Å². The van der Waals surface area contributed by atoms with Gasteiger partial charge in [0.25, 0.3) is 5.78 Å². The maximum absolute atomic E-state index is 5.87. The molecule has 0 spiro atoms. The van der Waals surface area contributed by atoms with E-state index in [-0.39, 0.29) is 12.1 Å². The number of aromatic nitrogens is 4. The lowest BCUT2D eigenvalue weighted by atomic mass is 10.1. The van der Waals surface area contributed by atoms with Crippen LogP contribution >= 0.6 is 0 Å². The quantitative estimate of drug-likeness (QED) is 0.899. The summed E-state index contributed by atoms with van der Waals surface area (Å²) >= 11 is 0. The van der Waals surface area contributed by atoms with Crippen LogP contribution in [0, 0.1) is 0 Å². The fourth-order valence-electron chi connectivity index (χ4n) is 2.58. The van der Waals surface area contributed by atoms with Crippen molar-refractivity contribution in [1.82, 2.24) is 24.5 Å². The molecule has 2 unspecified atom stereocenters. The third-order valence-electron chi connectivity index (χ3n) is 3.90. The first-order chi connectivity index (χ1) is 10.2. The Morgan fingerprint density at radius 1 is 1.52 bits per heavy atom. The van der Waals surface area contributed by atoms with Gasteiger partial charge in [-0.3, -0.25) is 0 Å². The molecule has 1 saturated heterocycles. The minimum Gasteiger partial charge on any atom is -0.373 e. The van der Waals surface area contributed by atoms with Gasteiger partial charge in [-0.25, -0.2) is 4.98 Å². The van der Waals surface area contributed by atoms with E-state index < -0.39 is 0 Å². The van der Waals surface area contributed by atoms with Gasteiger partial charge in [-0.2, -0.15) is 14.6 Å². The van der Waals surface area contributed by atoms with Crippen LogP contribution < -0.4 is 5.32 Å². The van der Waals surface area contributed by atoms with Crippen molar-refractivity contribution >= 4 is 11.6 Å². The maximum atomic E-state index is 5.87. The number of morpholine rings is 1.